The molecular weight excluding hydrogens is 260 g/mol. The number of unbranched alkanes of at least 4 members (excludes halogenated alkanes) is 9. The molecule has 0 bridgehead atoms. The van der Waals surface area contributed by atoms with Crippen LogP contribution in [0.15, 0.2) is 0 Å². The average Bonchev–Trinajstić information content (AvgIpc) is 2.35. The van der Waals surface area contributed by atoms with Crippen molar-refractivity contribution in [1.29, 1.82) is 0 Å². The Kier molecular flexibility index (Phi) is 12.6. The highest BCUT2D eigenvalue weighted by Gasteiger charge is 2.21. The van der Waals surface area contributed by atoms with Crippen LogP contribution in [0.4, 0.5) is 0 Å². The summed E-state index contributed by atoms with van der Waals surface area (Å²) in [4.78, 5) is 10.9. The zero-order chi connectivity index (χ0) is 14.5. The number of carboxylic acid groups (broad SMARTS) is 1. The highest BCUT2D eigenvalue weighted by molar-refractivity contribution is 6.21. The molecular formula is C16H31ClO2. The number of carboxylic acids is 1. The molecule has 0 amide bonds. The molecule has 2 nitrogen and oxygen atoms in total. The van der Waals surface area contributed by atoms with Gasteiger partial charge in [0.25, 0.3) is 0 Å². The van der Waals surface area contributed by atoms with Crippen molar-refractivity contribution in [3.63, 3.8) is 0 Å². The maximum Gasteiger partial charge on any atom is 0.307 e. The van der Waals surface area contributed by atoms with E-state index >= 15 is 0 Å². The molecule has 1 N–H and O–H groups in total. The van der Waals surface area contributed by atoms with Gasteiger partial charge in [-0.1, -0.05) is 71.1 Å². The lowest BCUT2D eigenvalue weighted by molar-refractivity contribution is -0.141. The minimum Gasteiger partial charge on any atom is -0.481 e. The minimum atomic E-state index is -0.751. The van der Waals surface area contributed by atoms with Gasteiger partial charge in [-0.15, -0.1) is 11.6 Å². The average molecular weight is 291 g/mol. The quantitative estimate of drug-likeness (QED) is 0.353. The second kappa shape index (κ2) is 12.8. The number of hydrogen-bond donors (Lipinski definition) is 1. The number of rotatable bonds is 13. The first kappa shape index (κ1) is 18.8. The van der Waals surface area contributed by atoms with Gasteiger partial charge in [0.1, 0.15) is 0 Å². The van der Waals surface area contributed by atoms with Gasteiger partial charge in [0, 0.05) is 5.38 Å². The van der Waals surface area contributed by atoms with E-state index in [0.29, 0.717) is 0 Å². The van der Waals surface area contributed by atoms with Gasteiger partial charge < -0.3 is 5.11 Å². The standard InChI is InChI=1S/C16H31ClO2/c1-3-4-5-6-7-8-9-10-11-12-13-15(14(2)17)16(18)19/h14-15H,3-13H2,1-2H3,(H,18,19). The van der Waals surface area contributed by atoms with Crippen LogP contribution in [0.2, 0.25) is 0 Å². The maximum atomic E-state index is 10.9. The summed E-state index contributed by atoms with van der Waals surface area (Å²) in [5, 5.41) is 8.74. The third-order valence-corrected chi connectivity index (χ3v) is 4.04. The molecule has 0 saturated heterocycles. The predicted octanol–water partition coefficient (Wildman–Crippen LogP) is 5.63. The Bertz CT molecular complexity index is 217. The van der Waals surface area contributed by atoms with Gasteiger partial charge in [-0.3, -0.25) is 4.79 Å². The van der Waals surface area contributed by atoms with Crippen molar-refractivity contribution in [3.8, 4) is 0 Å². The van der Waals surface area contributed by atoms with Gasteiger partial charge in [0.05, 0.1) is 5.92 Å². The topological polar surface area (TPSA) is 37.3 Å². The fourth-order valence-corrected chi connectivity index (χ4v) is 2.64. The Balaban J connectivity index is 3.32. The molecule has 0 fully saturated rings. The zero-order valence-corrected chi connectivity index (χ0v) is 13.4. The first-order valence-electron chi connectivity index (χ1n) is 7.96. The van der Waals surface area contributed by atoms with Crippen LogP contribution >= 0.6 is 11.6 Å². The molecule has 114 valence electrons. The molecule has 0 radical (unpaired) electrons. The summed E-state index contributed by atoms with van der Waals surface area (Å²) in [6.07, 6.45) is 13.5. The summed E-state index contributed by atoms with van der Waals surface area (Å²) in [6, 6.07) is 0. The molecule has 0 aromatic heterocycles. The van der Waals surface area contributed by atoms with Gasteiger partial charge in [-0.05, 0) is 13.3 Å². The number of aliphatic carboxylic acids is 1. The van der Waals surface area contributed by atoms with Gasteiger partial charge in [0.2, 0.25) is 0 Å². The molecule has 0 aromatic rings. The van der Waals surface area contributed by atoms with Gasteiger partial charge in [0.15, 0.2) is 0 Å². The van der Waals surface area contributed by atoms with Gasteiger partial charge in [-0.25, -0.2) is 0 Å². The second-order valence-electron chi connectivity index (χ2n) is 5.59. The molecule has 0 spiro atoms. The number of carbonyl (C=O) groups is 1. The smallest absolute Gasteiger partial charge is 0.307 e. The van der Waals surface area contributed by atoms with Crippen LogP contribution in [0.3, 0.4) is 0 Å². The zero-order valence-electron chi connectivity index (χ0n) is 12.7. The Morgan fingerprint density at radius 1 is 0.947 bits per heavy atom. The van der Waals surface area contributed by atoms with E-state index in [1.54, 1.807) is 6.92 Å². The Morgan fingerprint density at radius 3 is 1.74 bits per heavy atom. The molecule has 0 rings (SSSR count). The Morgan fingerprint density at radius 2 is 1.37 bits per heavy atom. The van der Waals surface area contributed by atoms with Crippen LogP contribution in [-0.4, -0.2) is 16.5 Å². The van der Waals surface area contributed by atoms with Crippen molar-refractivity contribution in [2.24, 2.45) is 5.92 Å². The molecule has 0 heterocycles. The van der Waals surface area contributed by atoms with E-state index in [4.69, 9.17) is 16.7 Å². The van der Waals surface area contributed by atoms with Crippen molar-refractivity contribution in [2.75, 3.05) is 0 Å². The van der Waals surface area contributed by atoms with E-state index in [1.807, 2.05) is 0 Å². The van der Waals surface area contributed by atoms with E-state index in [9.17, 15) is 4.79 Å². The van der Waals surface area contributed by atoms with Crippen LogP contribution in [0, 0.1) is 5.92 Å². The fraction of sp³-hybridized carbons (Fsp3) is 0.938. The van der Waals surface area contributed by atoms with Crippen LogP contribution < -0.4 is 0 Å². The second-order valence-corrected chi connectivity index (χ2v) is 6.28. The highest BCUT2D eigenvalue weighted by Crippen LogP contribution is 2.19. The van der Waals surface area contributed by atoms with Crippen molar-refractivity contribution in [2.45, 2.75) is 89.9 Å². The van der Waals surface area contributed by atoms with Crippen LogP contribution in [0.5, 0.6) is 0 Å². The van der Waals surface area contributed by atoms with Crippen molar-refractivity contribution in [1.82, 2.24) is 0 Å². The Labute approximate surface area is 123 Å². The molecule has 0 aliphatic rings. The number of alkyl halides is 1. The lowest BCUT2D eigenvalue weighted by Crippen LogP contribution is -2.21. The summed E-state index contributed by atoms with van der Waals surface area (Å²) in [7, 11) is 0. The summed E-state index contributed by atoms with van der Waals surface area (Å²) in [5.41, 5.74) is 0. The predicted molar refractivity (Wildman–Crippen MR) is 82.9 cm³/mol. The first-order chi connectivity index (χ1) is 9.09. The number of hydrogen-bond acceptors (Lipinski definition) is 1. The van der Waals surface area contributed by atoms with E-state index in [2.05, 4.69) is 6.92 Å². The normalized spacial score (nSPS) is 14.3. The molecule has 0 aliphatic heterocycles. The summed E-state index contributed by atoms with van der Waals surface area (Å²) < 4.78 is 0. The van der Waals surface area contributed by atoms with Crippen LogP contribution in [-0.2, 0) is 4.79 Å². The lowest BCUT2D eigenvalue weighted by Gasteiger charge is -2.13. The van der Waals surface area contributed by atoms with E-state index < -0.39 is 5.97 Å². The summed E-state index contributed by atoms with van der Waals surface area (Å²) in [5.74, 6) is -1.13. The van der Waals surface area contributed by atoms with E-state index in [-0.39, 0.29) is 11.3 Å². The largest absolute Gasteiger partial charge is 0.481 e. The molecule has 2 unspecified atom stereocenters. The minimum absolute atomic E-state index is 0.268. The van der Waals surface area contributed by atoms with Crippen molar-refractivity contribution < 1.29 is 9.90 Å². The highest BCUT2D eigenvalue weighted by atomic mass is 35.5. The molecule has 0 saturated carbocycles. The molecule has 0 aliphatic carbocycles. The van der Waals surface area contributed by atoms with Crippen LogP contribution in [0.1, 0.15) is 84.5 Å². The molecule has 19 heavy (non-hydrogen) atoms. The fourth-order valence-electron chi connectivity index (χ4n) is 2.40. The monoisotopic (exact) mass is 290 g/mol. The van der Waals surface area contributed by atoms with Gasteiger partial charge in [-0.2, -0.15) is 0 Å². The molecule has 2 atom stereocenters. The third kappa shape index (κ3) is 11.3. The summed E-state index contributed by atoms with van der Waals surface area (Å²) >= 11 is 5.88. The number of halogens is 1. The molecule has 3 heteroatoms. The third-order valence-electron chi connectivity index (χ3n) is 3.74. The van der Waals surface area contributed by atoms with Gasteiger partial charge >= 0.3 is 5.97 Å². The van der Waals surface area contributed by atoms with Crippen molar-refractivity contribution in [3.05, 3.63) is 0 Å². The lowest BCUT2D eigenvalue weighted by atomic mass is 9.97. The SMILES string of the molecule is CCCCCCCCCCCCC(C(=O)O)C(C)Cl. The van der Waals surface area contributed by atoms with Crippen molar-refractivity contribution >= 4 is 17.6 Å². The Hall–Kier alpha value is -0.240. The maximum absolute atomic E-state index is 10.9. The first-order valence-corrected chi connectivity index (χ1v) is 8.40. The van der Waals surface area contributed by atoms with Crippen LogP contribution in [0.25, 0.3) is 0 Å². The van der Waals surface area contributed by atoms with E-state index in [1.165, 1.54) is 51.4 Å². The molecule has 0 aromatic carbocycles. The summed E-state index contributed by atoms with van der Waals surface area (Å²) in [6.45, 7) is 4.02. The van der Waals surface area contributed by atoms with E-state index in [0.717, 1.165) is 19.3 Å².